The van der Waals surface area contributed by atoms with Gasteiger partial charge in [-0.1, -0.05) is 23.2 Å². The number of anilines is 1. The molecule has 18 heavy (non-hydrogen) atoms. The van der Waals surface area contributed by atoms with Crippen molar-refractivity contribution in [1.82, 2.24) is 9.78 Å². The van der Waals surface area contributed by atoms with Crippen molar-refractivity contribution in [3.05, 3.63) is 45.2 Å². The molecule has 0 aliphatic rings. The summed E-state index contributed by atoms with van der Waals surface area (Å²) in [6.07, 6.45) is 0. The van der Waals surface area contributed by atoms with Crippen LogP contribution in [0.1, 0.15) is 17.0 Å². The van der Waals surface area contributed by atoms with Crippen LogP contribution in [0.5, 0.6) is 0 Å². The maximum absolute atomic E-state index is 6.20. The van der Waals surface area contributed by atoms with Gasteiger partial charge in [0, 0.05) is 17.8 Å². The second kappa shape index (κ2) is 5.21. The maximum atomic E-state index is 6.20. The maximum Gasteiger partial charge on any atom is 0.0865 e. The van der Waals surface area contributed by atoms with E-state index in [1.807, 2.05) is 39.1 Å². The van der Waals surface area contributed by atoms with Crippen molar-refractivity contribution in [3.63, 3.8) is 0 Å². The van der Waals surface area contributed by atoms with E-state index in [4.69, 9.17) is 23.2 Å². The molecule has 0 aliphatic heterocycles. The fourth-order valence-corrected chi connectivity index (χ4v) is 2.33. The van der Waals surface area contributed by atoms with Crippen LogP contribution in [0, 0.1) is 13.8 Å². The van der Waals surface area contributed by atoms with Crippen LogP contribution < -0.4 is 5.32 Å². The second-order valence-electron chi connectivity index (χ2n) is 4.28. The Hall–Kier alpha value is -1.19. The van der Waals surface area contributed by atoms with Gasteiger partial charge in [-0.05, 0) is 37.6 Å². The predicted molar refractivity (Wildman–Crippen MR) is 76.5 cm³/mol. The Kier molecular flexibility index (Phi) is 3.83. The summed E-state index contributed by atoms with van der Waals surface area (Å²) in [4.78, 5) is 0. The van der Waals surface area contributed by atoms with E-state index < -0.39 is 0 Å². The molecular formula is C13H15Cl2N3. The molecule has 0 saturated carbocycles. The second-order valence-corrected chi connectivity index (χ2v) is 5.10. The molecule has 0 bridgehead atoms. The number of halogens is 2. The van der Waals surface area contributed by atoms with E-state index in [1.165, 1.54) is 0 Å². The highest BCUT2D eigenvalue weighted by Crippen LogP contribution is 2.23. The van der Waals surface area contributed by atoms with E-state index in [1.54, 1.807) is 4.68 Å². The Balaban J connectivity index is 2.16. The third-order valence-electron chi connectivity index (χ3n) is 2.90. The molecule has 0 spiro atoms. The highest BCUT2D eigenvalue weighted by atomic mass is 35.5. The number of nitrogens with one attached hydrogen (secondary N) is 1. The molecule has 1 N–H and O–H groups in total. The Morgan fingerprint density at radius 2 is 2.00 bits per heavy atom. The number of benzene rings is 1. The SMILES string of the molecule is Cc1cc(Cl)ccc1NCc1c(Cl)c(C)nn1C. The highest BCUT2D eigenvalue weighted by Gasteiger charge is 2.10. The van der Waals surface area contributed by atoms with E-state index in [2.05, 4.69) is 10.4 Å². The number of hydrogen-bond donors (Lipinski definition) is 1. The van der Waals surface area contributed by atoms with Gasteiger partial charge in [0.05, 0.1) is 23.0 Å². The van der Waals surface area contributed by atoms with Crippen LogP contribution in [0.3, 0.4) is 0 Å². The van der Waals surface area contributed by atoms with E-state index in [-0.39, 0.29) is 0 Å². The number of aromatic nitrogens is 2. The zero-order valence-electron chi connectivity index (χ0n) is 10.6. The molecule has 5 heteroatoms. The first-order valence-electron chi connectivity index (χ1n) is 5.67. The van der Waals surface area contributed by atoms with E-state index in [0.29, 0.717) is 6.54 Å². The van der Waals surface area contributed by atoms with Crippen molar-refractivity contribution in [3.8, 4) is 0 Å². The summed E-state index contributed by atoms with van der Waals surface area (Å²) in [6, 6.07) is 5.77. The van der Waals surface area contributed by atoms with Crippen LogP contribution in [0.25, 0.3) is 0 Å². The van der Waals surface area contributed by atoms with Crippen molar-refractivity contribution >= 4 is 28.9 Å². The predicted octanol–water partition coefficient (Wildman–Crippen LogP) is 3.96. The number of nitrogens with zero attached hydrogens (tertiary/aromatic N) is 2. The van der Waals surface area contributed by atoms with Crippen molar-refractivity contribution in [2.24, 2.45) is 7.05 Å². The molecule has 0 fully saturated rings. The summed E-state index contributed by atoms with van der Waals surface area (Å²) in [6.45, 7) is 4.56. The zero-order valence-corrected chi connectivity index (χ0v) is 12.1. The van der Waals surface area contributed by atoms with Crippen LogP contribution >= 0.6 is 23.2 Å². The molecule has 0 radical (unpaired) electrons. The molecule has 2 aromatic rings. The smallest absolute Gasteiger partial charge is 0.0865 e. The Morgan fingerprint density at radius 1 is 1.28 bits per heavy atom. The minimum absolute atomic E-state index is 0.638. The van der Waals surface area contributed by atoms with Gasteiger partial charge in [0.1, 0.15) is 0 Å². The van der Waals surface area contributed by atoms with Gasteiger partial charge in [-0.15, -0.1) is 0 Å². The minimum atomic E-state index is 0.638. The quantitative estimate of drug-likeness (QED) is 0.924. The molecule has 0 aliphatic carbocycles. The van der Waals surface area contributed by atoms with E-state index >= 15 is 0 Å². The largest absolute Gasteiger partial charge is 0.379 e. The lowest BCUT2D eigenvalue weighted by Gasteiger charge is -2.10. The Morgan fingerprint density at radius 3 is 2.56 bits per heavy atom. The van der Waals surface area contributed by atoms with Gasteiger partial charge in [0.25, 0.3) is 0 Å². The molecule has 1 aromatic heterocycles. The van der Waals surface area contributed by atoms with Crippen molar-refractivity contribution < 1.29 is 0 Å². The molecule has 1 aromatic carbocycles. The van der Waals surface area contributed by atoms with Gasteiger partial charge in [0.2, 0.25) is 0 Å². The summed E-state index contributed by atoms with van der Waals surface area (Å²) in [5, 5.41) is 9.09. The van der Waals surface area contributed by atoms with Gasteiger partial charge in [-0.3, -0.25) is 4.68 Å². The Bertz CT molecular complexity index is 576. The van der Waals surface area contributed by atoms with Crippen LogP contribution in [0.15, 0.2) is 18.2 Å². The van der Waals surface area contributed by atoms with Crippen molar-refractivity contribution in [1.29, 1.82) is 0 Å². The molecule has 2 rings (SSSR count). The average molecular weight is 284 g/mol. The van der Waals surface area contributed by atoms with Crippen LogP contribution in [0.4, 0.5) is 5.69 Å². The van der Waals surface area contributed by atoms with Crippen molar-refractivity contribution in [2.45, 2.75) is 20.4 Å². The van der Waals surface area contributed by atoms with Gasteiger partial charge < -0.3 is 5.32 Å². The third-order valence-corrected chi connectivity index (χ3v) is 3.62. The van der Waals surface area contributed by atoms with Crippen LogP contribution in [-0.2, 0) is 13.6 Å². The first kappa shape index (κ1) is 13.2. The molecule has 0 unspecified atom stereocenters. The summed E-state index contributed by atoms with van der Waals surface area (Å²) in [7, 11) is 1.89. The Labute approximate surface area is 117 Å². The van der Waals surface area contributed by atoms with Gasteiger partial charge in [0.15, 0.2) is 0 Å². The number of rotatable bonds is 3. The molecule has 0 amide bonds. The summed E-state index contributed by atoms with van der Waals surface area (Å²) in [5.41, 5.74) is 3.99. The fraction of sp³-hybridized carbons (Fsp3) is 0.308. The van der Waals surface area contributed by atoms with Crippen LogP contribution in [-0.4, -0.2) is 9.78 Å². The topological polar surface area (TPSA) is 29.9 Å². The first-order valence-corrected chi connectivity index (χ1v) is 6.42. The first-order chi connectivity index (χ1) is 8.49. The van der Waals surface area contributed by atoms with Gasteiger partial charge in [-0.25, -0.2) is 0 Å². The highest BCUT2D eigenvalue weighted by molar-refractivity contribution is 6.32. The lowest BCUT2D eigenvalue weighted by Crippen LogP contribution is -2.06. The normalized spacial score (nSPS) is 10.7. The lowest BCUT2D eigenvalue weighted by molar-refractivity contribution is 0.713. The molecular weight excluding hydrogens is 269 g/mol. The molecule has 96 valence electrons. The van der Waals surface area contributed by atoms with Gasteiger partial charge >= 0.3 is 0 Å². The molecule has 0 saturated heterocycles. The monoisotopic (exact) mass is 283 g/mol. The number of hydrogen-bond acceptors (Lipinski definition) is 2. The minimum Gasteiger partial charge on any atom is -0.379 e. The van der Waals surface area contributed by atoms with Crippen molar-refractivity contribution in [2.75, 3.05) is 5.32 Å². The summed E-state index contributed by atoms with van der Waals surface area (Å²) >= 11 is 12.1. The summed E-state index contributed by atoms with van der Waals surface area (Å²) < 4.78 is 1.80. The standard InChI is InChI=1S/C13H15Cl2N3/c1-8-6-10(14)4-5-11(8)16-7-12-13(15)9(2)17-18(12)3/h4-6,16H,7H2,1-3H3. The van der Waals surface area contributed by atoms with E-state index in [9.17, 15) is 0 Å². The van der Waals surface area contributed by atoms with Gasteiger partial charge in [-0.2, -0.15) is 5.10 Å². The molecule has 0 atom stereocenters. The molecule has 3 nitrogen and oxygen atoms in total. The number of aryl methyl sites for hydroxylation is 3. The fourth-order valence-electron chi connectivity index (χ4n) is 1.88. The molecule has 1 heterocycles. The lowest BCUT2D eigenvalue weighted by atomic mass is 10.2. The summed E-state index contributed by atoms with van der Waals surface area (Å²) in [5.74, 6) is 0. The van der Waals surface area contributed by atoms with E-state index in [0.717, 1.165) is 32.7 Å². The van der Waals surface area contributed by atoms with Crippen LogP contribution in [0.2, 0.25) is 10.0 Å². The average Bonchev–Trinajstić information content (AvgIpc) is 2.53. The zero-order chi connectivity index (χ0) is 13.3. The third kappa shape index (κ3) is 2.62.